The lowest BCUT2D eigenvalue weighted by Crippen LogP contribution is -2.08. The van der Waals surface area contributed by atoms with Crippen LogP contribution in [-0.2, 0) is 4.74 Å². The summed E-state index contributed by atoms with van der Waals surface area (Å²) in [6.07, 6.45) is 2.21. The summed E-state index contributed by atoms with van der Waals surface area (Å²) in [5, 5.41) is 12.9. The molecule has 1 aliphatic rings. The molecule has 2 heterocycles. The smallest absolute Gasteiger partial charge is 0.185 e. The molecule has 0 bridgehead atoms. The third-order valence-electron chi connectivity index (χ3n) is 2.54. The van der Waals surface area contributed by atoms with Crippen LogP contribution in [0.1, 0.15) is 17.7 Å². The predicted octanol–water partition coefficient (Wildman–Crippen LogP) is 2.51. The summed E-state index contributed by atoms with van der Waals surface area (Å²) in [5.41, 5.74) is 0. The van der Waals surface area contributed by atoms with E-state index in [4.69, 9.17) is 21.6 Å². The van der Waals surface area contributed by atoms with Crippen LogP contribution in [0.25, 0.3) is 0 Å². The molecule has 0 aliphatic carbocycles. The zero-order valence-corrected chi connectivity index (χ0v) is 10.3. The monoisotopic (exact) mass is 257 g/mol. The molecule has 1 fully saturated rings. The van der Waals surface area contributed by atoms with Gasteiger partial charge in [-0.1, -0.05) is 22.9 Å². The van der Waals surface area contributed by atoms with Crippen molar-refractivity contribution in [3.8, 4) is 6.07 Å². The number of nitrogens with one attached hydrogen (secondary N) is 1. The molecule has 1 aromatic heterocycles. The molecule has 0 spiro atoms. The second-order valence-electron chi connectivity index (χ2n) is 3.70. The number of anilines is 1. The van der Waals surface area contributed by atoms with Crippen molar-refractivity contribution in [3.05, 3.63) is 10.0 Å². The van der Waals surface area contributed by atoms with E-state index in [2.05, 4.69) is 10.3 Å². The van der Waals surface area contributed by atoms with E-state index in [-0.39, 0.29) is 0 Å². The summed E-state index contributed by atoms with van der Waals surface area (Å²) in [6, 6.07) is 2.01. The van der Waals surface area contributed by atoms with Gasteiger partial charge in [-0.25, -0.2) is 4.98 Å². The van der Waals surface area contributed by atoms with E-state index >= 15 is 0 Å². The summed E-state index contributed by atoms with van der Waals surface area (Å²) in [4.78, 5) is 4.53. The number of halogens is 1. The van der Waals surface area contributed by atoms with Gasteiger partial charge in [0.2, 0.25) is 0 Å². The van der Waals surface area contributed by atoms with Crippen molar-refractivity contribution in [1.29, 1.82) is 5.26 Å². The average molecular weight is 258 g/mol. The van der Waals surface area contributed by atoms with Crippen molar-refractivity contribution in [2.75, 3.05) is 25.1 Å². The van der Waals surface area contributed by atoms with E-state index < -0.39 is 0 Å². The Morgan fingerprint density at radius 2 is 2.56 bits per heavy atom. The van der Waals surface area contributed by atoms with E-state index in [0.29, 0.717) is 15.9 Å². The number of hydrogen-bond donors (Lipinski definition) is 1. The second kappa shape index (κ2) is 5.48. The van der Waals surface area contributed by atoms with Crippen molar-refractivity contribution < 1.29 is 4.74 Å². The van der Waals surface area contributed by atoms with Gasteiger partial charge in [0.1, 0.15) is 10.9 Å². The van der Waals surface area contributed by atoms with E-state index in [1.165, 1.54) is 11.3 Å². The Balaban J connectivity index is 1.78. The van der Waals surface area contributed by atoms with E-state index in [0.717, 1.165) is 37.7 Å². The molecular weight excluding hydrogens is 246 g/mol. The summed E-state index contributed by atoms with van der Waals surface area (Å²) < 4.78 is 5.30. The van der Waals surface area contributed by atoms with E-state index in [1.54, 1.807) is 0 Å². The van der Waals surface area contributed by atoms with Gasteiger partial charge in [-0.3, -0.25) is 0 Å². The van der Waals surface area contributed by atoms with Crippen LogP contribution in [0.3, 0.4) is 0 Å². The Morgan fingerprint density at radius 3 is 3.19 bits per heavy atom. The molecule has 0 saturated carbocycles. The fourth-order valence-corrected chi connectivity index (χ4v) is 2.61. The molecule has 2 rings (SSSR count). The molecule has 4 nitrogen and oxygen atoms in total. The van der Waals surface area contributed by atoms with Crippen LogP contribution >= 0.6 is 22.9 Å². The molecule has 0 aromatic carbocycles. The highest BCUT2D eigenvalue weighted by atomic mass is 35.5. The average Bonchev–Trinajstić information content (AvgIpc) is 2.88. The van der Waals surface area contributed by atoms with Gasteiger partial charge >= 0.3 is 0 Å². The number of nitriles is 1. The van der Waals surface area contributed by atoms with Gasteiger partial charge in [0.05, 0.1) is 0 Å². The third kappa shape index (κ3) is 2.85. The Kier molecular flexibility index (Phi) is 3.99. The van der Waals surface area contributed by atoms with Gasteiger partial charge in [0, 0.05) is 19.8 Å². The molecule has 16 heavy (non-hydrogen) atoms. The van der Waals surface area contributed by atoms with Crippen LogP contribution in [0.4, 0.5) is 5.13 Å². The zero-order chi connectivity index (χ0) is 11.4. The maximum Gasteiger partial charge on any atom is 0.185 e. The van der Waals surface area contributed by atoms with Crippen LogP contribution in [0.5, 0.6) is 0 Å². The first-order valence-corrected chi connectivity index (χ1v) is 6.37. The first-order chi connectivity index (χ1) is 7.79. The van der Waals surface area contributed by atoms with Crippen LogP contribution < -0.4 is 5.32 Å². The maximum absolute atomic E-state index is 8.72. The van der Waals surface area contributed by atoms with Crippen LogP contribution in [0.15, 0.2) is 0 Å². The largest absolute Gasteiger partial charge is 0.381 e. The zero-order valence-electron chi connectivity index (χ0n) is 8.70. The van der Waals surface area contributed by atoms with Crippen molar-refractivity contribution in [3.63, 3.8) is 0 Å². The van der Waals surface area contributed by atoms with Gasteiger partial charge in [0.15, 0.2) is 10.3 Å². The van der Waals surface area contributed by atoms with Gasteiger partial charge in [-0.05, 0) is 18.8 Å². The van der Waals surface area contributed by atoms with Gasteiger partial charge in [-0.2, -0.15) is 5.26 Å². The lowest BCUT2D eigenvalue weighted by Gasteiger charge is -2.06. The highest BCUT2D eigenvalue weighted by molar-refractivity contribution is 7.16. The lowest BCUT2D eigenvalue weighted by atomic mass is 10.1. The fraction of sp³-hybridized carbons (Fsp3) is 0.600. The second-order valence-corrected chi connectivity index (χ2v) is 5.05. The summed E-state index contributed by atoms with van der Waals surface area (Å²) in [6.45, 7) is 2.60. The minimum atomic E-state index is 0.291. The number of thiazole rings is 1. The molecule has 6 heteroatoms. The number of nitrogens with zero attached hydrogens (tertiary/aromatic N) is 2. The van der Waals surface area contributed by atoms with Crippen molar-refractivity contribution in [2.24, 2.45) is 5.92 Å². The summed E-state index contributed by atoms with van der Waals surface area (Å²) in [7, 11) is 0. The van der Waals surface area contributed by atoms with Gasteiger partial charge in [0.25, 0.3) is 0 Å². The highest BCUT2D eigenvalue weighted by Crippen LogP contribution is 2.26. The lowest BCUT2D eigenvalue weighted by molar-refractivity contribution is 0.185. The summed E-state index contributed by atoms with van der Waals surface area (Å²) in [5.74, 6) is 0.651. The third-order valence-corrected chi connectivity index (χ3v) is 3.84. The quantitative estimate of drug-likeness (QED) is 0.900. The van der Waals surface area contributed by atoms with Crippen LogP contribution in [-0.4, -0.2) is 24.7 Å². The minimum Gasteiger partial charge on any atom is -0.381 e. The Labute approximate surface area is 103 Å². The Hall–Kier alpha value is -0.830. The van der Waals surface area contributed by atoms with E-state index in [1.807, 2.05) is 6.07 Å². The van der Waals surface area contributed by atoms with Gasteiger partial charge in [-0.15, -0.1) is 0 Å². The van der Waals surface area contributed by atoms with Gasteiger partial charge < -0.3 is 10.1 Å². The normalized spacial score (nSPS) is 19.6. The first kappa shape index (κ1) is 11.6. The van der Waals surface area contributed by atoms with Crippen LogP contribution in [0.2, 0.25) is 5.15 Å². The molecule has 1 aliphatic heterocycles. The molecule has 86 valence electrons. The van der Waals surface area contributed by atoms with Crippen molar-refractivity contribution in [1.82, 2.24) is 4.98 Å². The molecule has 1 unspecified atom stereocenters. The number of ether oxygens (including phenoxy) is 1. The molecule has 1 saturated heterocycles. The molecule has 1 aromatic rings. The molecular formula is C10H12ClN3OS. The van der Waals surface area contributed by atoms with Crippen molar-refractivity contribution >= 4 is 28.1 Å². The molecule has 1 N–H and O–H groups in total. The molecule has 1 atom stereocenters. The highest BCUT2D eigenvalue weighted by Gasteiger charge is 2.15. The summed E-state index contributed by atoms with van der Waals surface area (Å²) >= 11 is 7.06. The Bertz CT molecular complexity index is 395. The predicted molar refractivity (Wildman–Crippen MR) is 63.9 cm³/mol. The van der Waals surface area contributed by atoms with Crippen LogP contribution in [0, 0.1) is 17.2 Å². The van der Waals surface area contributed by atoms with Crippen molar-refractivity contribution in [2.45, 2.75) is 12.8 Å². The molecule has 0 radical (unpaired) electrons. The maximum atomic E-state index is 8.72. The van der Waals surface area contributed by atoms with E-state index in [9.17, 15) is 0 Å². The topological polar surface area (TPSA) is 57.9 Å². The first-order valence-electron chi connectivity index (χ1n) is 5.17. The minimum absolute atomic E-state index is 0.291. The number of hydrogen-bond acceptors (Lipinski definition) is 5. The molecule has 0 amide bonds. The number of rotatable bonds is 4. The fourth-order valence-electron chi connectivity index (χ4n) is 1.64. The SMILES string of the molecule is N#Cc1sc(NCCC2CCOC2)nc1Cl. The number of aromatic nitrogens is 1. The Morgan fingerprint density at radius 1 is 1.69 bits per heavy atom. The standard InChI is InChI=1S/C10H12ClN3OS/c11-9-8(5-12)16-10(14-9)13-3-1-7-2-4-15-6-7/h7H,1-4,6H2,(H,13,14).